The van der Waals surface area contributed by atoms with E-state index in [9.17, 15) is 4.79 Å². The smallest absolute Gasteiger partial charge is 0.251 e. The van der Waals surface area contributed by atoms with Crippen molar-refractivity contribution in [2.24, 2.45) is 0 Å². The fourth-order valence-electron chi connectivity index (χ4n) is 4.00. The Hall–Kier alpha value is -2.73. The first-order valence-corrected chi connectivity index (χ1v) is 10.6. The van der Waals surface area contributed by atoms with Crippen molar-refractivity contribution in [3.8, 4) is 5.95 Å². The van der Waals surface area contributed by atoms with E-state index in [-0.39, 0.29) is 17.7 Å². The maximum Gasteiger partial charge on any atom is 0.251 e. The Morgan fingerprint density at radius 2 is 1.80 bits per heavy atom. The number of aryl methyl sites for hydroxylation is 3. The molecular weight excluding hydrogens is 398 g/mol. The quantitative estimate of drug-likeness (QED) is 0.651. The van der Waals surface area contributed by atoms with Crippen molar-refractivity contribution in [2.45, 2.75) is 52.4 Å². The van der Waals surface area contributed by atoms with Crippen LogP contribution in [0.15, 0.2) is 30.3 Å². The van der Waals surface area contributed by atoms with Crippen molar-refractivity contribution in [1.82, 2.24) is 25.1 Å². The number of nitrogens with zero attached hydrogens (tertiary/aromatic N) is 4. The lowest BCUT2D eigenvalue weighted by atomic mass is 9.95. The van der Waals surface area contributed by atoms with Gasteiger partial charge in [-0.15, -0.1) is 0 Å². The van der Waals surface area contributed by atoms with Gasteiger partial charge in [0.05, 0.1) is 12.1 Å². The molecule has 0 radical (unpaired) electrons. The first-order valence-electron chi connectivity index (χ1n) is 10.2. The van der Waals surface area contributed by atoms with Crippen LogP contribution in [0.4, 0.5) is 0 Å². The zero-order valence-electron chi connectivity index (χ0n) is 17.8. The van der Waals surface area contributed by atoms with Gasteiger partial charge in [0.2, 0.25) is 5.91 Å². The van der Waals surface area contributed by atoms with Crippen molar-refractivity contribution in [1.29, 1.82) is 0 Å². The molecule has 1 aliphatic carbocycles. The molecule has 0 spiro atoms. The molecule has 1 amide bonds. The van der Waals surface area contributed by atoms with Gasteiger partial charge in [0.25, 0.3) is 5.95 Å². The van der Waals surface area contributed by atoms with E-state index in [2.05, 4.69) is 26.4 Å². The molecule has 1 fully saturated rings. The monoisotopic (exact) mass is 423 g/mol. The van der Waals surface area contributed by atoms with Gasteiger partial charge in [-0.1, -0.05) is 29.8 Å². The minimum atomic E-state index is -0.0325. The molecule has 4 rings (SSSR count). The van der Waals surface area contributed by atoms with Gasteiger partial charge < -0.3 is 5.32 Å². The van der Waals surface area contributed by atoms with E-state index in [0.29, 0.717) is 12.5 Å². The summed E-state index contributed by atoms with van der Waals surface area (Å²) in [4.78, 5) is 21.7. The van der Waals surface area contributed by atoms with Gasteiger partial charge in [-0.2, -0.15) is 5.10 Å². The molecule has 0 atom stereocenters. The van der Waals surface area contributed by atoms with Crippen molar-refractivity contribution in [3.63, 3.8) is 0 Å². The van der Waals surface area contributed by atoms with Crippen LogP contribution in [0.1, 0.15) is 46.7 Å². The van der Waals surface area contributed by atoms with E-state index in [1.807, 2.05) is 52.0 Å². The predicted molar refractivity (Wildman–Crippen MR) is 117 cm³/mol. The van der Waals surface area contributed by atoms with E-state index >= 15 is 0 Å². The Kier molecular flexibility index (Phi) is 5.36. The van der Waals surface area contributed by atoms with Gasteiger partial charge in [-0.05, 0) is 58.2 Å². The van der Waals surface area contributed by atoms with Crippen molar-refractivity contribution >= 4 is 17.5 Å². The van der Waals surface area contributed by atoms with Crippen LogP contribution >= 0.6 is 11.6 Å². The lowest BCUT2D eigenvalue weighted by Crippen LogP contribution is -2.33. The molecule has 0 bridgehead atoms. The summed E-state index contributed by atoms with van der Waals surface area (Å²) in [7, 11) is 0. The molecule has 0 aliphatic heterocycles. The summed E-state index contributed by atoms with van der Waals surface area (Å²) in [6.45, 7) is 8.34. The average molecular weight is 424 g/mol. The number of carbonyl (C=O) groups excluding carboxylic acids is 1. The number of benzene rings is 1. The maximum absolute atomic E-state index is 12.7. The van der Waals surface area contributed by atoms with Crippen LogP contribution in [0.3, 0.4) is 0 Å². The standard InChI is InChI=1S/C23H26ClN5O/c1-14-11-15(2)27-22(26-14)29-17(4)18(16(3)28-29)12-21(30)25-13-23(9-10-23)19-7-5-6-8-20(19)24/h5-8,11H,9-10,12-13H2,1-4H3,(H,25,30). The summed E-state index contributed by atoms with van der Waals surface area (Å²) >= 11 is 6.38. The normalized spacial score (nSPS) is 14.6. The highest BCUT2D eigenvalue weighted by molar-refractivity contribution is 6.31. The van der Waals surface area contributed by atoms with Crippen molar-refractivity contribution in [2.75, 3.05) is 6.54 Å². The van der Waals surface area contributed by atoms with Gasteiger partial charge in [0.15, 0.2) is 0 Å². The second-order valence-corrected chi connectivity index (χ2v) is 8.63. The molecule has 0 unspecified atom stereocenters. The summed E-state index contributed by atoms with van der Waals surface area (Å²) in [5.41, 5.74) is 5.49. The number of nitrogens with one attached hydrogen (secondary N) is 1. The molecule has 2 heterocycles. The van der Waals surface area contributed by atoms with Crippen LogP contribution in [0.5, 0.6) is 0 Å². The minimum Gasteiger partial charge on any atom is -0.355 e. The van der Waals surface area contributed by atoms with Crippen molar-refractivity contribution < 1.29 is 4.79 Å². The Balaban J connectivity index is 1.48. The summed E-state index contributed by atoms with van der Waals surface area (Å²) in [5, 5.41) is 8.47. The lowest BCUT2D eigenvalue weighted by molar-refractivity contribution is -0.120. The van der Waals surface area contributed by atoms with E-state index in [1.165, 1.54) is 0 Å². The van der Waals surface area contributed by atoms with Gasteiger partial charge in [-0.3, -0.25) is 4.79 Å². The average Bonchev–Trinajstić information content (AvgIpc) is 3.43. The highest BCUT2D eigenvalue weighted by atomic mass is 35.5. The van der Waals surface area contributed by atoms with Gasteiger partial charge in [0, 0.05) is 39.6 Å². The van der Waals surface area contributed by atoms with Crippen LogP contribution in [-0.4, -0.2) is 32.2 Å². The van der Waals surface area contributed by atoms with Gasteiger partial charge in [0.1, 0.15) is 0 Å². The topological polar surface area (TPSA) is 72.7 Å². The molecule has 1 aromatic carbocycles. The highest BCUT2D eigenvalue weighted by Crippen LogP contribution is 2.49. The number of amides is 1. The first kappa shape index (κ1) is 20.5. The molecule has 1 N–H and O–H groups in total. The summed E-state index contributed by atoms with van der Waals surface area (Å²) in [6.07, 6.45) is 2.36. The summed E-state index contributed by atoms with van der Waals surface area (Å²) < 4.78 is 1.73. The zero-order valence-corrected chi connectivity index (χ0v) is 18.5. The molecular formula is C23H26ClN5O. The molecule has 6 nitrogen and oxygen atoms in total. The highest BCUT2D eigenvalue weighted by Gasteiger charge is 2.45. The lowest BCUT2D eigenvalue weighted by Gasteiger charge is -2.18. The van der Waals surface area contributed by atoms with E-state index in [0.717, 1.165) is 51.8 Å². The first-order chi connectivity index (χ1) is 14.3. The fraction of sp³-hybridized carbons (Fsp3) is 0.391. The summed E-state index contributed by atoms with van der Waals surface area (Å²) in [5.74, 6) is 0.524. The molecule has 7 heteroatoms. The van der Waals surface area contributed by atoms with E-state index < -0.39 is 0 Å². The van der Waals surface area contributed by atoms with E-state index in [4.69, 9.17) is 11.6 Å². The molecule has 3 aromatic rings. The Labute approximate surface area is 181 Å². The molecule has 1 saturated carbocycles. The molecule has 30 heavy (non-hydrogen) atoms. The number of rotatable bonds is 6. The van der Waals surface area contributed by atoms with Crippen LogP contribution in [0.2, 0.25) is 5.02 Å². The molecule has 2 aromatic heterocycles. The van der Waals surface area contributed by atoms with E-state index in [1.54, 1.807) is 4.68 Å². The number of carbonyl (C=O) groups is 1. The number of halogens is 1. The Morgan fingerprint density at radius 3 is 2.43 bits per heavy atom. The third-order valence-corrected chi connectivity index (χ3v) is 6.19. The minimum absolute atomic E-state index is 0.0135. The van der Waals surface area contributed by atoms with Crippen LogP contribution < -0.4 is 5.32 Å². The fourth-order valence-corrected chi connectivity index (χ4v) is 4.34. The second kappa shape index (κ2) is 7.84. The Morgan fingerprint density at radius 1 is 1.13 bits per heavy atom. The van der Waals surface area contributed by atoms with Crippen LogP contribution in [0, 0.1) is 27.7 Å². The number of hydrogen-bond acceptors (Lipinski definition) is 4. The Bertz CT molecular complexity index is 1100. The number of hydrogen-bond donors (Lipinski definition) is 1. The third kappa shape index (κ3) is 3.97. The molecule has 1 aliphatic rings. The van der Waals surface area contributed by atoms with Crippen LogP contribution in [0.25, 0.3) is 5.95 Å². The molecule has 0 saturated heterocycles. The zero-order chi connectivity index (χ0) is 21.5. The van der Waals surface area contributed by atoms with Crippen molar-refractivity contribution in [3.05, 3.63) is 69.3 Å². The SMILES string of the molecule is Cc1cc(C)nc(-n2nc(C)c(CC(=O)NCC3(c4ccccc4Cl)CC3)c2C)n1. The van der Waals surface area contributed by atoms with Gasteiger partial charge >= 0.3 is 0 Å². The molecule has 156 valence electrons. The predicted octanol–water partition coefficient (Wildman–Crippen LogP) is 3.94. The van der Waals surface area contributed by atoms with Gasteiger partial charge in [-0.25, -0.2) is 14.6 Å². The van der Waals surface area contributed by atoms with Crippen LogP contribution in [-0.2, 0) is 16.6 Å². The third-order valence-electron chi connectivity index (χ3n) is 5.86. The largest absolute Gasteiger partial charge is 0.355 e. The summed E-state index contributed by atoms with van der Waals surface area (Å²) in [6, 6.07) is 9.83. The maximum atomic E-state index is 12.7. The second-order valence-electron chi connectivity index (χ2n) is 8.23. The number of aromatic nitrogens is 4.